The predicted molar refractivity (Wildman–Crippen MR) is 78.2 cm³/mol. The van der Waals surface area contributed by atoms with Crippen molar-refractivity contribution in [2.75, 3.05) is 43.9 Å². The van der Waals surface area contributed by atoms with Crippen molar-refractivity contribution in [1.82, 2.24) is 4.90 Å². The van der Waals surface area contributed by atoms with Gasteiger partial charge in [0.2, 0.25) is 0 Å². The predicted octanol–water partition coefficient (Wildman–Crippen LogP) is 1.10. The van der Waals surface area contributed by atoms with Crippen LogP contribution in [0.1, 0.15) is 17.3 Å². The quantitative estimate of drug-likeness (QED) is 0.700. The number of nitrogens with zero attached hydrogens (tertiary/aromatic N) is 1. The summed E-state index contributed by atoms with van der Waals surface area (Å²) < 4.78 is 5.32. The van der Waals surface area contributed by atoms with Gasteiger partial charge in [0, 0.05) is 37.1 Å². The number of nitrogens with one attached hydrogen (secondary N) is 1. The SMILES string of the molecule is CC(CN1CCOCC1)Nc1ccc(C(=O)O)c(N)c1. The van der Waals surface area contributed by atoms with Crippen LogP contribution in [0.5, 0.6) is 0 Å². The Morgan fingerprint density at radius 2 is 2.20 bits per heavy atom. The van der Waals surface area contributed by atoms with E-state index in [9.17, 15) is 4.79 Å². The molecule has 1 atom stereocenters. The molecule has 4 N–H and O–H groups in total. The van der Waals surface area contributed by atoms with Gasteiger partial charge < -0.3 is 20.9 Å². The molecule has 0 saturated carbocycles. The van der Waals surface area contributed by atoms with Crippen molar-refractivity contribution in [1.29, 1.82) is 0 Å². The minimum Gasteiger partial charge on any atom is -0.478 e. The number of nitrogens with two attached hydrogens (primary N) is 1. The second-order valence-electron chi connectivity index (χ2n) is 5.07. The summed E-state index contributed by atoms with van der Waals surface area (Å²) in [6.45, 7) is 6.49. The van der Waals surface area contributed by atoms with Crippen LogP contribution in [-0.4, -0.2) is 54.9 Å². The molecule has 0 amide bonds. The Balaban J connectivity index is 1.92. The molecule has 1 heterocycles. The molecule has 2 rings (SSSR count). The molecule has 1 unspecified atom stereocenters. The van der Waals surface area contributed by atoms with E-state index >= 15 is 0 Å². The van der Waals surface area contributed by atoms with Crippen LogP contribution < -0.4 is 11.1 Å². The number of benzene rings is 1. The summed E-state index contributed by atoms with van der Waals surface area (Å²) in [7, 11) is 0. The van der Waals surface area contributed by atoms with Gasteiger partial charge in [0.1, 0.15) is 0 Å². The minimum atomic E-state index is -1.00. The summed E-state index contributed by atoms with van der Waals surface area (Å²) in [6, 6.07) is 5.19. The van der Waals surface area contributed by atoms with E-state index in [1.807, 2.05) is 0 Å². The van der Waals surface area contributed by atoms with Gasteiger partial charge >= 0.3 is 5.97 Å². The van der Waals surface area contributed by atoms with Gasteiger partial charge in [0.05, 0.1) is 18.8 Å². The normalized spacial score (nSPS) is 17.6. The van der Waals surface area contributed by atoms with E-state index in [2.05, 4.69) is 17.1 Å². The van der Waals surface area contributed by atoms with E-state index in [0.29, 0.717) is 0 Å². The van der Waals surface area contributed by atoms with Crippen LogP contribution in [0.25, 0.3) is 0 Å². The maximum absolute atomic E-state index is 10.9. The second kappa shape index (κ2) is 6.58. The first-order valence-corrected chi connectivity index (χ1v) is 6.75. The number of rotatable bonds is 5. The lowest BCUT2D eigenvalue weighted by Gasteiger charge is -2.29. The van der Waals surface area contributed by atoms with Gasteiger partial charge in [0.25, 0.3) is 0 Å². The molecule has 1 aliphatic rings. The third-order valence-corrected chi connectivity index (χ3v) is 3.33. The van der Waals surface area contributed by atoms with Crippen molar-refractivity contribution in [2.45, 2.75) is 13.0 Å². The highest BCUT2D eigenvalue weighted by Gasteiger charge is 2.14. The molecule has 0 spiro atoms. The van der Waals surface area contributed by atoms with Gasteiger partial charge in [0.15, 0.2) is 0 Å². The first-order chi connectivity index (χ1) is 9.56. The van der Waals surface area contributed by atoms with Crippen LogP contribution in [0.4, 0.5) is 11.4 Å². The van der Waals surface area contributed by atoms with Crippen molar-refractivity contribution in [2.24, 2.45) is 0 Å². The highest BCUT2D eigenvalue weighted by molar-refractivity contribution is 5.94. The van der Waals surface area contributed by atoms with Crippen molar-refractivity contribution in [3.63, 3.8) is 0 Å². The van der Waals surface area contributed by atoms with E-state index < -0.39 is 5.97 Å². The number of aromatic carboxylic acids is 1. The number of morpholine rings is 1. The van der Waals surface area contributed by atoms with Crippen LogP contribution >= 0.6 is 0 Å². The zero-order chi connectivity index (χ0) is 14.5. The standard InChI is InChI=1S/C14H21N3O3/c1-10(9-17-4-6-20-7-5-17)16-11-2-3-12(14(18)19)13(15)8-11/h2-3,8,10,16H,4-7,9,15H2,1H3,(H,18,19). The highest BCUT2D eigenvalue weighted by Crippen LogP contribution is 2.19. The van der Waals surface area contributed by atoms with Gasteiger partial charge in [-0.15, -0.1) is 0 Å². The second-order valence-corrected chi connectivity index (χ2v) is 5.07. The van der Waals surface area contributed by atoms with Crippen LogP contribution in [0.15, 0.2) is 18.2 Å². The Morgan fingerprint density at radius 3 is 2.80 bits per heavy atom. The van der Waals surface area contributed by atoms with Gasteiger partial charge in [-0.1, -0.05) is 0 Å². The molecule has 1 aromatic rings. The number of hydrogen-bond acceptors (Lipinski definition) is 5. The molecular formula is C14H21N3O3. The maximum atomic E-state index is 10.9. The Bertz CT molecular complexity index is 473. The number of anilines is 2. The van der Waals surface area contributed by atoms with E-state index in [0.717, 1.165) is 38.5 Å². The van der Waals surface area contributed by atoms with Crippen LogP contribution in [0, 0.1) is 0 Å². The zero-order valence-electron chi connectivity index (χ0n) is 11.6. The van der Waals surface area contributed by atoms with Gasteiger partial charge in [-0.25, -0.2) is 4.79 Å². The van der Waals surface area contributed by atoms with E-state index in [4.69, 9.17) is 15.6 Å². The van der Waals surface area contributed by atoms with Gasteiger partial charge in [-0.05, 0) is 25.1 Å². The molecule has 1 aliphatic heterocycles. The summed E-state index contributed by atoms with van der Waals surface area (Å²) in [5.74, 6) is -1.00. The number of carboxylic acids is 1. The molecule has 110 valence electrons. The average Bonchev–Trinajstić information content (AvgIpc) is 2.39. The lowest BCUT2D eigenvalue weighted by molar-refractivity contribution is 0.0368. The number of ether oxygens (including phenoxy) is 1. The van der Waals surface area contributed by atoms with E-state index in [1.54, 1.807) is 12.1 Å². The molecule has 0 aromatic heterocycles. The first kappa shape index (κ1) is 14.6. The van der Waals surface area contributed by atoms with Crippen molar-refractivity contribution < 1.29 is 14.6 Å². The topological polar surface area (TPSA) is 87.8 Å². The number of carbonyl (C=O) groups is 1. The summed E-state index contributed by atoms with van der Waals surface area (Å²) >= 11 is 0. The van der Waals surface area contributed by atoms with Crippen molar-refractivity contribution in [3.8, 4) is 0 Å². The molecular weight excluding hydrogens is 258 g/mol. The third-order valence-electron chi connectivity index (χ3n) is 3.33. The molecule has 6 heteroatoms. The lowest BCUT2D eigenvalue weighted by Crippen LogP contribution is -2.42. The van der Waals surface area contributed by atoms with E-state index in [1.165, 1.54) is 6.07 Å². The smallest absolute Gasteiger partial charge is 0.337 e. The molecule has 0 aliphatic carbocycles. The number of nitrogen functional groups attached to an aromatic ring is 1. The fourth-order valence-corrected chi connectivity index (χ4v) is 2.35. The average molecular weight is 279 g/mol. The Hall–Kier alpha value is -1.79. The third kappa shape index (κ3) is 3.85. The summed E-state index contributed by atoms with van der Waals surface area (Å²) in [5.41, 5.74) is 6.99. The Morgan fingerprint density at radius 1 is 1.50 bits per heavy atom. The van der Waals surface area contributed by atoms with Crippen molar-refractivity contribution in [3.05, 3.63) is 23.8 Å². The molecule has 1 fully saturated rings. The maximum Gasteiger partial charge on any atom is 0.337 e. The minimum absolute atomic E-state index is 0.136. The fraction of sp³-hybridized carbons (Fsp3) is 0.500. The van der Waals surface area contributed by atoms with Crippen LogP contribution in [0.2, 0.25) is 0 Å². The lowest BCUT2D eigenvalue weighted by atomic mass is 10.1. The molecule has 6 nitrogen and oxygen atoms in total. The van der Waals surface area contributed by atoms with Gasteiger partial charge in [-0.3, -0.25) is 4.90 Å². The molecule has 1 aromatic carbocycles. The van der Waals surface area contributed by atoms with Gasteiger partial charge in [-0.2, -0.15) is 0 Å². The molecule has 20 heavy (non-hydrogen) atoms. The van der Waals surface area contributed by atoms with Crippen LogP contribution in [-0.2, 0) is 4.74 Å². The summed E-state index contributed by atoms with van der Waals surface area (Å²) in [4.78, 5) is 13.2. The summed E-state index contributed by atoms with van der Waals surface area (Å²) in [6.07, 6.45) is 0. The monoisotopic (exact) mass is 279 g/mol. The Kier molecular flexibility index (Phi) is 4.81. The summed E-state index contributed by atoms with van der Waals surface area (Å²) in [5, 5.41) is 12.3. The fourth-order valence-electron chi connectivity index (χ4n) is 2.35. The van der Waals surface area contributed by atoms with Crippen LogP contribution in [0.3, 0.4) is 0 Å². The first-order valence-electron chi connectivity index (χ1n) is 6.75. The number of carboxylic acid groups (broad SMARTS) is 1. The molecule has 0 radical (unpaired) electrons. The largest absolute Gasteiger partial charge is 0.478 e. The highest BCUT2D eigenvalue weighted by atomic mass is 16.5. The zero-order valence-corrected chi connectivity index (χ0v) is 11.6. The van der Waals surface area contributed by atoms with Crippen molar-refractivity contribution >= 4 is 17.3 Å². The Labute approximate surface area is 118 Å². The number of hydrogen-bond donors (Lipinski definition) is 3. The molecule has 1 saturated heterocycles. The van der Waals surface area contributed by atoms with E-state index in [-0.39, 0.29) is 17.3 Å². The molecule has 0 bridgehead atoms.